The number of carbonyl (C=O) groups excluding carboxylic acids is 4. The maximum atomic E-state index is 14.7. The van der Waals surface area contributed by atoms with Gasteiger partial charge in [0.1, 0.15) is 35.1 Å². The molecule has 2 aromatic rings. The van der Waals surface area contributed by atoms with Gasteiger partial charge in [0.05, 0.1) is 30.1 Å². The van der Waals surface area contributed by atoms with E-state index in [1.54, 1.807) is 39.0 Å². The number of pyridine rings is 1. The van der Waals surface area contributed by atoms with Crippen molar-refractivity contribution in [3.63, 3.8) is 0 Å². The zero-order valence-corrected chi connectivity index (χ0v) is 33.1. The molecule has 1 saturated heterocycles. The van der Waals surface area contributed by atoms with Gasteiger partial charge in [-0.3, -0.25) is 19.1 Å². The summed E-state index contributed by atoms with van der Waals surface area (Å²) in [5.74, 6) is -2.01. The lowest BCUT2D eigenvalue weighted by molar-refractivity contribution is -0.142. The summed E-state index contributed by atoms with van der Waals surface area (Å²) in [5.41, 5.74) is -2.36. The Balaban J connectivity index is 1.35. The van der Waals surface area contributed by atoms with Crippen LogP contribution >= 0.6 is 11.6 Å². The van der Waals surface area contributed by atoms with E-state index in [2.05, 4.69) is 20.3 Å². The minimum atomic E-state index is -3.91. The average Bonchev–Trinajstić information content (AvgIpc) is 4.02. The fourth-order valence-electron chi connectivity index (χ4n) is 7.36. The lowest BCUT2D eigenvalue weighted by atomic mass is 9.92. The highest BCUT2D eigenvalue weighted by Crippen LogP contribution is 2.46. The Kier molecular flexibility index (Phi) is 11.1. The van der Waals surface area contributed by atoms with E-state index in [4.69, 9.17) is 25.8 Å². The molecule has 14 nitrogen and oxygen atoms in total. The van der Waals surface area contributed by atoms with Gasteiger partial charge in [-0.15, -0.1) is 0 Å². The number of fused-ring (bicyclic) bond motifs is 3. The van der Waals surface area contributed by atoms with Crippen molar-refractivity contribution in [1.82, 2.24) is 25.2 Å². The Morgan fingerprint density at radius 1 is 1.09 bits per heavy atom. The van der Waals surface area contributed by atoms with Gasteiger partial charge in [-0.1, -0.05) is 50.1 Å². The predicted molar refractivity (Wildman–Crippen MR) is 201 cm³/mol. The van der Waals surface area contributed by atoms with Gasteiger partial charge in [0.15, 0.2) is 0 Å². The zero-order valence-electron chi connectivity index (χ0n) is 31.5. The van der Waals surface area contributed by atoms with E-state index in [1.807, 2.05) is 26.0 Å². The van der Waals surface area contributed by atoms with Crippen LogP contribution in [0.1, 0.15) is 79.6 Å². The van der Waals surface area contributed by atoms with Crippen LogP contribution in [0.4, 0.5) is 4.79 Å². The maximum absolute atomic E-state index is 14.7. The van der Waals surface area contributed by atoms with Gasteiger partial charge < -0.3 is 29.7 Å². The summed E-state index contributed by atoms with van der Waals surface area (Å²) in [6, 6.07) is 3.04. The standard InChI is InChI=1S/C38H50ClN5O9S/c1-21-9-7-10-22(2)31(41-36(48)53-37(3,4)5)34(46)44-20-24(52-33-26-11-8-12-27(39)30(26)29(51-6)19-40-33)17-28(44)32(45)42-38(18-23(38)14-13-21)35(47)43-54(49,50)25-15-16-25/h8,11-14,19,21-25,28,31H,7,9-10,15-18,20H2,1-6H3,(H,41,48)(H,42,45)(H,43,47)/b14-13-/t21-,22+,23+,24+,28?,31-,38+/m0/s1. The van der Waals surface area contributed by atoms with Gasteiger partial charge in [0.25, 0.3) is 5.91 Å². The average molecular weight is 788 g/mol. The number of hydrogen-bond donors (Lipinski definition) is 3. The molecule has 4 amide bonds. The summed E-state index contributed by atoms with van der Waals surface area (Å²) < 4.78 is 45.4. The van der Waals surface area contributed by atoms with Crippen LogP contribution in [0, 0.1) is 17.8 Å². The number of nitrogens with zero attached hydrogens (tertiary/aromatic N) is 2. The number of ether oxygens (including phenoxy) is 3. The van der Waals surface area contributed by atoms with Crippen molar-refractivity contribution >= 4 is 56.2 Å². The minimum absolute atomic E-state index is 0.0104. The highest BCUT2D eigenvalue weighted by atomic mass is 35.5. The van der Waals surface area contributed by atoms with E-state index in [0.717, 1.165) is 12.8 Å². The normalized spacial score (nSPS) is 29.8. The molecule has 1 aromatic heterocycles. The molecule has 1 aromatic carbocycles. The van der Waals surface area contributed by atoms with Crippen LogP contribution in [0.5, 0.6) is 11.6 Å². The van der Waals surface area contributed by atoms with Crippen molar-refractivity contribution in [3.8, 4) is 11.6 Å². The number of hydrogen-bond acceptors (Lipinski definition) is 10. The maximum Gasteiger partial charge on any atom is 0.408 e. The van der Waals surface area contributed by atoms with Crippen LogP contribution in [-0.2, 0) is 29.1 Å². The molecule has 2 aliphatic carbocycles. The molecule has 0 bridgehead atoms. The molecular weight excluding hydrogens is 738 g/mol. The number of rotatable bonds is 7. The van der Waals surface area contributed by atoms with Crippen molar-refractivity contribution in [2.24, 2.45) is 17.8 Å². The molecule has 1 unspecified atom stereocenters. The third-order valence-electron chi connectivity index (χ3n) is 10.6. The molecule has 7 atom stereocenters. The second kappa shape index (κ2) is 15.2. The SMILES string of the molecule is COc1cnc(O[C@@H]2CC3C(=O)N[C@]4(C(=O)NS(=O)(=O)C5CC5)C[C@H]4/C=C\[C@@H](C)CCC[C@@H](C)[C@H](NC(=O)OC(C)(C)C)C(=O)N3C2)c2cccc(Cl)c12. The van der Waals surface area contributed by atoms with Gasteiger partial charge in [-0.25, -0.2) is 18.2 Å². The number of sulfonamides is 1. The van der Waals surface area contributed by atoms with Crippen LogP contribution in [0.15, 0.2) is 36.5 Å². The van der Waals surface area contributed by atoms with Crippen LogP contribution in [0.3, 0.4) is 0 Å². The molecule has 2 saturated carbocycles. The van der Waals surface area contributed by atoms with Gasteiger partial charge in [-0.05, 0) is 76.8 Å². The van der Waals surface area contributed by atoms with Crippen molar-refractivity contribution in [2.45, 2.75) is 114 Å². The Bertz CT molecular complexity index is 1950. The van der Waals surface area contributed by atoms with Crippen LogP contribution in [0.2, 0.25) is 5.02 Å². The molecule has 6 rings (SSSR count). The molecule has 4 aliphatic rings. The molecule has 0 spiro atoms. The quantitative estimate of drug-likeness (QED) is 0.335. The van der Waals surface area contributed by atoms with Crippen LogP contribution < -0.4 is 24.8 Å². The Morgan fingerprint density at radius 3 is 2.52 bits per heavy atom. The summed E-state index contributed by atoms with van der Waals surface area (Å²) in [6.45, 7) is 9.03. The Labute approximate surface area is 321 Å². The van der Waals surface area contributed by atoms with Gasteiger partial charge in [0, 0.05) is 23.1 Å². The third-order valence-corrected chi connectivity index (χ3v) is 12.7. The lowest BCUT2D eigenvalue weighted by Gasteiger charge is -2.32. The van der Waals surface area contributed by atoms with E-state index in [1.165, 1.54) is 18.2 Å². The first-order valence-corrected chi connectivity index (χ1v) is 20.5. The number of aromatic nitrogens is 1. The molecular formula is C38H50ClN5O9S. The number of halogens is 1. The monoisotopic (exact) mass is 787 g/mol. The minimum Gasteiger partial charge on any atom is -0.494 e. The first-order chi connectivity index (χ1) is 25.4. The van der Waals surface area contributed by atoms with Crippen molar-refractivity contribution in [2.75, 3.05) is 13.7 Å². The molecule has 3 heterocycles. The first kappa shape index (κ1) is 39.6. The lowest BCUT2D eigenvalue weighted by Crippen LogP contribution is -2.59. The van der Waals surface area contributed by atoms with Crippen LogP contribution in [0.25, 0.3) is 10.8 Å². The molecule has 294 valence electrons. The second-order valence-electron chi connectivity index (χ2n) is 16.1. The van der Waals surface area contributed by atoms with E-state index < -0.39 is 74.3 Å². The first-order valence-electron chi connectivity index (χ1n) is 18.6. The predicted octanol–water partition coefficient (Wildman–Crippen LogP) is 4.63. The number of benzene rings is 1. The van der Waals surface area contributed by atoms with Crippen LogP contribution in [-0.4, -0.2) is 90.3 Å². The molecule has 2 aliphatic heterocycles. The molecule has 54 heavy (non-hydrogen) atoms. The molecule has 16 heteroatoms. The second-order valence-corrected chi connectivity index (χ2v) is 18.5. The van der Waals surface area contributed by atoms with E-state index >= 15 is 0 Å². The largest absolute Gasteiger partial charge is 0.494 e. The van der Waals surface area contributed by atoms with Crippen molar-refractivity contribution in [3.05, 3.63) is 41.6 Å². The topological polar surface area (TPSA) is 182 Å². The number of carbonyl (C=O) groups is 4. The number of allylic oxidation sites excluding steroid dienone is 1. The number of nitrogens with one attached hydrogen (secondary N) is 3. The fourth-order valence-corrected chi connectivity index (χ4v) is 8.99. The smallest absolute Gasteiger partial charge is 0.408 e. The van der Waals surface area contributed by atoms with Crippen molar-refractivity contribution in [1.29, 1.82) is 0 Å². The number of amides is 4. The summed E-state index contributed by atoms with van der Waals surface area (Å²) >= 11 is 6.54. The van der Waals surface area contributed by atoms with Gasteiger partial charge in [-0.2, -0.15) is 0 Å². The fraction of sp³-hybridized carbons (Fsp3) is 0.605. The van der Waals surface area contributed by atoms with E-state index in [0.29, 0.717) is 40.8 Å². The Hall–Kier alpha value is -4.11. The van der Waals surface area contributed by atoms with E-state index in [-0.39, 0.29) is 37.1 Å². The van der Waals surface area contributed by atoms with Gasteiger partial charge in [0.2, 0.25) is 27.7 Å². The third kappa shape index (κ3) is 8.56. The Morgan fingerprint density at radius 2 is 1.83 bits per heavy atom. The zero-order chi connectivity index (χ0) is 39.2. The van der Waals surface area contributed by atoms with E-state index in [9.17, 15) is 27.6 Å². The van der Waals surface area contributed by atoms with Gasteiger partial charge >= 0.3 is 6.09 Å². The summed E-state index contributed by atoms with van der Waals surface area (Å²) in [6.07, 6.45) is 7.03. The number of alkyl carbamates (subject to hydrolysis) is 1. The summed E-state index contributed by atoms with van der Waals surface area (Å²) in [4.78, 5) is 61.9. The highest BCUT2D eigenvalue weighted by molar-refractivity contribution is 7.91. The highest BCUT2D eigenvalue weighted by Gasteiger charge is 2.62. The van der Waals surface area contributed by atoms with Crippen molar-refractivity contribution < 1.29 is 41.8 Å². The summed E-state index contributed by atoms with van der Waals surface area (Å²) in [5, 5.41) is 6.60. The number of methoxy groups -OCH3 is 1. The summed E-state index contributed by atoms with van der Waals surface area (Å²) in [7, 11) is -2.41. The molecule has 3 N–H and O–H groups in total. The molecule has 3 fully saturated rings. The molecule has 0 radical (unpaired) electrons.